The van der Waals surface area contributed by atoms with Gasteiger partial charge in [-0.3, -0.25) is 0 Å². The molecule has 25 heavy (non-hydrogen) atoms. The summed E-state index contributed by atoms with van der Waals surface area (Å²) in [5.74, 6) is 0. The van der Waals surface area contributed by atoms with Crippen molar-refractivity contribution >= 4 is 16.3 Å². The molecule has 0 spiro atoms. The third kappa shape index (κ3) is 4.50. The smallest absolute Gasteiger partial charge is 0.410 e. The van der Waals surface area contributed by atoms with Gasteiger partial charge in [0, 0.05) is 39.3 Å². The van der Waals surface area contributed by atoms with Crippen LogP contribution in [-0.4, -0.2) is 67.3 Å². The molecule has 3 rings (SSSR count). The van der Waals surface area contributed by atoms with Crippen LogP contribution in [0.3, 0.4) is 0 Å². The lowest BCUT2D eigenvalue weighted by atomic mass is 10.2. The number of amides is 1. The van der Waals surface area contributed by atoms with Gasteiger partial charge in [-0.05, 0) is 18.4 Å². The Hall–Kier alpha value is -1.64. The zero-order chi connectivity index (χ0) is 17.7. The third-order valence-electron chi connectivity index (χ3n) is 4.67. The largest absolute Gasteiger partial charge is 0.445 e. The molecule has 0 unspecified atom stereocenters. The lowest BCUT2D eigenvalue weighted by molar-refractivity contribution is 0.0828. The lowest BCUT2D eigenvalue weighted by Gasteiger charge is -2.37. The molecule has 0 aliphatic carbocycles. The number of carbonyl (C=O) groups excluding carboxylic acids is 1. The van der Waals surface area contributed by atoms with E-state index in [0.29, 0.717) is 39.3 Å². The highest BCUT2D eigenvalue weighted by Crippen LogP contribution is 2.18. The Morgan fingerprint density at radius 2 is 1.48 bits per heavy atom. The standard InChI is InChI=1S/C17H25N3O4S/c21-17(24-15-16-7-3-1-4-8-16)18-11-13-20(14-12-18)25(22,23)19-9-5-2-6-10-19/h1,3-4,7-8H,2,5-6,9-15H2. The number of piperazine rings is 1. The molecule has 2 heterocycles. The monoisotopic (exact) mass is 367 g/mol. The van der Waals surface area contributed by atoms with Crippen molar-refractivity contribution in [1.82, 2.24) is 13.5 Å². The van der Waals surface area contributed by atoms with Gasteiger partial charge in [-0.25, -0.2) is 4.79 Å². The molecule has 1 aromatic rings. The van der Waals surface area contributed by atoms with Gasteiger partial charge >= 0.3 is 6.09 Å². The quantitative estimate of drug-likeness (QED) is 0.812. The number of hydrogen-bond donors (Lipinski definition) is 0. The van der Waals surface area contributed by atoms with E-state index in [2.05, 4.69) is 0 Å². The van der Waals surface area contributed by atoms with Crippen LogP contribution >= 0.6 is 0 Å². The van der Waals surface area contributed by atoms with Crippen LogP contribution in [0.5, 0.6) is 0 Å². The second-order valence-electron chi connectivity index (χ2n) is 6.39. The van der Waals surface area contributed by atoms with Crippen molar-refractivity contribution < 1.29 is 17.9 Å². The minimum absolute atomic E-state index is 0.228. The van der Waals surface area contributed by atoms with Crippen LogP contribution in [0.25, 0.3) is 0 Å². The van der Waals surface area contributed by atoms with E-state index >= 15 is 0 Å². The van der Waals surface area contributed by atoms with Gasteiger partial charge in [-0.2, -0.15) is 17.0 Å². The average Bonchev–Trinajstić information content (AvgIpc) is 2.68. The first-order valence-electron chi connectivity index (χ1n) is 8.78. The van der Waals surface area contributed by atoms with E-state index < -0.39 is 10.2 Å². The van der Waals surface area contributed by atoms with Crippen LogP contribution in [0.15, 0.2) is 30.3 Å². The van der Waals surface area contributed by atoms with Crippen LogP contribution in [0.4, 0.5) is 4.79 Å². The summed E-state index contributed by atoms with van der Waals surface area (Å²) >= 11 is 0. The molecule has 2 fully saturated rings. The lowest BCUT2D eigenvalue weighted by Crippen LogP contribution is -2.54. The van der Waals surface area contributed by atoms with Crippen molar-refractivity contribution in [2.75, 3.05) is 39.3 Å². The molecule has 7 nitrogen and oxygen atoms in total. The van der Waals surface area contributed by atoms with Crippen molar-refractivity contribution in [3.8, 4) is 0 Å². The summed E-state index contributed by atoms with van der Waals surface area (Å²) in [6.07, 6.45) is 2.54. The van der Waals surface area contributed by atoms with Gasteiger partial charge in [-0.15, -0.1) is 0 Å². The van der Waals surface area contributed by atoms with E-state index in [1.54, 1.807) is 9.21 Å². The van der Waals surface area contributed by atoms with Gasteiger partial charge in [0.25, 0.3) is 10.2 Å². The number of piperidine rings is 1. The molecule has 0 saturated carbocycles. The SMILES string of the molecule is O=C(OCc1ccccc1)N1CCN(S(=O)(=O)N2CCCCC2)CC1. The van der Waals surface area contributed by atoms with Gasteiger partial charge in [-0.1, -0.05) is 36.8 Å². The first-order chi connectivity index (χ1) is 12.1. The molecule has 0 aromatic heterocycles. The highest BCUT2D eigenvalue weighted by molar-refractivity contribution is 7.86. The van der Waals surface area contributed by atoms with E-state index in [1.807, 2.05) is 30.3 Å². The molecule has 2 aliphatic rings. The van der Waals surface area contributed by atoms with Gasteiger partial charge in [0.15, 0.2) is 0 Å². The highest BCUT2D eigenvalue weighted by atomic mass is 32.2. The molecule has 2 aliphatic heterocycles. The number of nitrogens with zero attached hydrogens (tertiary/aromatic N) is 3. The predicted octanol–water partition coefficient (Wildman–Crippen LogP) is 1.67. The van der Waals surface area contributed by atoms with Crippen molar-refractivity contribution in [3.05, 3.63) is 35.9 Å². The number of hydrogen-bond acceptors (Lipinski definition) is 4. The maximum Gasteiger partial charge on any atom is 0.410 e. The Morgan fingerprint density at radius 3 is 2.12 bits per heavy atom. The molecule has 0 bridgehead atoms. The molecule has 8 heteroatoms. The average molecular weight is 367 g/mol. The van der Waals surface area contributed by atoms with Crippen LogP contribution in [0.1, 0.15) is 24.8 Å². The normalized spacial score (nSPS) is 20.4. The third-order valence-corrected chi connectivity index (χ3v) is 6.71. The number of ether oxygens (including phenoxy) is 1. The second-order valence-corrected chi connectivity index (χ2v) is 8.32. The van der Waals surface area contributed by atoms with Crippen molar-refractivity contribution in [3.63, 3.8) is 0 Å². The number of benzene rings is 1. The van der Waals surface area contributed by atoms with E-state index in [0.717, 1.165) is 24.8 Å². The van der Waals surface area contributed by atoms with Gasteiger partial charge in [0.1, 0.15) is 6.61 Å². The maximum absolute atomic E-state index is 12.6. The Morgan fingerprint density at radius 1 is 0.880 bits per heavy atom. The fourth-order valence-corrected chi connectivity index (χ4v) is 4.84. The highest BCUT2D eigenvalue weighted by Gasteiger charge is 2.34. The van der Waals surface area contributed by atoms with E-state index in [4.69, 9.17) is 4.74 Å². The summed E-state index contributed by atoms with van der Waals surface area (Å²) in [6.45, 7) is 2.79. The molecular formula is C17H25N3O4S. The van der Waals surface area contributed by atoms with Crippen molar-refractivity contribution in [2.45, 2.75) is 25.9 Å². The molecule has 0 atom stereocenters. The number of rotatable bonds is 4. The Labute approximate surface area is 149 Å². The first-order valence-corrected chi connectivity index (χ1v) is 10.2. The van der Waals surface area contributed by atoms with E-state index in [9.17, 15) is 13.2 Å². The Bertz CT molecular complexity index is 666. The zero-order valence-electron chi connectivity index (χ0n) is 14.3. The summed E-state index contributed by atoms with van der Waals surface area (Å²) in [6, 6.07) is 9.50. The molecule has 2 saturated heterocycles. The summed E-state index contributed by atoms with van der Waals surface area (Å²) in [5, 5.41) is 0. The fourth-order valence-electron chi connectivity index (χ4n) is 3.17. The molecule has 0 N–H and O–H groups in total. The summed E-state index contributed by atoms with van der Waals surface area (Å²) in [4.78, 5) is 13.7. The molecular weight excluding hydrogens is 342 g/mol. The summed E-state index contributed by atoms with van der Waals surface area (Å²) < 4.78 is 33.7. The first kappa shape index (κ1) is 18.2. The summed E-state index contributed by atoms with van der Waals surface area (Å²) in [7, 11) is -3.40. The Balaban J connectivity index is 1.48. The van der Waals surface area contributed by atoms with Gasteiger partial charge < -0.3 is 9.64 Å². The van der Waals surface area contributed by atoms with Crippen LogP contribution in [0, 0.1) is 0 Å². The minimum atomic E-state index is -3.40. The topological polar surface area (TPSA) is 70.2 Å². The molecule has 1 amide bonds. The van der Waals surface area contributed by atoms with E-state index in [-0.39, 0.29) is 12.7 Å². The zero-order valence-corrected chi connectivity index (χ0v) is 15.2. The number of carbonyl (C=O) groups is 1. The minimum Gasteiger partial charge on any atom is -0.445 e. The molecule has 138 valence electrons. The van der Waals surface area contributed by atoms with Crippen LogP contribution < -0.4 is 0 Å². The predicted molar refractivity (Wildman–Crippen MR) is 94.1 cm³/mol. The fraction of sp³-hybridized carbons (Fsp3) is 0.588. The van der Waals surface area contributed by atoms with E-state index in [1.165, 1.54) is 4.31 Å². The molecule has 1 aromatic carbocycles. The van der Waals surface area contributed by atoms with Crippen LogP contribution in [-0.2, 0) is 21.6 Å². The summed E-state index contributed by atoms with van der Waals surface area (Å²) in [5.41, 5.74) is 0.933. The Kier molecular flexibility index (Phi) is 5.93. The van der Waals surface area contributed by atoms with Crippen molar-refractivity contribution in [1.29, 1.82) is 0 Å². The maximum atomic E-state index is 12.6. The second kappa shape index (κ2) is 8.16. The van der Waals surface area contributed by atoms with Crippen molar-refractivity contribution in [2.24, 2.45) is 0 Å². The molecule has 0 radical (unpaired) electrons. The van der Waals surface area contributed by atoms with Gasteiger partial charge in [0.05, 0.1) is 0 Å². The van der Waals surface area contributed by atoms with Crippen LogP contribution in [0.2, 0.25) is 0 Å². The van der Waals surface area contributed by atoms with Gasteiger partial charge in [0.2, 0.25) is 0 Å².